The number of ether oxygens (including phenoxy) is 2. The second kappa shape index (κ2) is 10.1. The summed E-state index contributed by atoms with van der Waals surface area (Å²) in [7, 11) is 0.864. The number of hydrogen-bond donors (Lipinski definition) is 1. The van der Waals surface area contributed by atoms with Gasteiger partial charge in [0, 0.05) is 13.0 Å². The number of benzene rings is 2. The molecule has 4 nitrogen and oxygen atoms in total. The van der Waals surface area contributed by atoms with Crippen LogP contribution < -0.4 is 14.8 Å². The molecule has 2 aromatic rings. The maximum Gasteiger partial charge on any atom is 0.220 e. The van der Waals surface area contributed by atoms with Gasteiger partial charge >= 0.3 is 0 Å². The third-order valence-electron chi connectivity index (χ3n) is 4.30. The molecule has 0 fully saturated rings. The van der Waals surface area contributed by atoms with Crippen LogP contribution in [0.15, 0.2) is 47.4 Å². The average Bonchev–Trinajstić information content (AvgIpc) is 2.69. The molecule has 150 valence electrons. The first kappa shape index (κ1) is 21.7. The van der Waals surface area contributed by atoms with Crippen LogP contribution in [-0.4, -0.2) is 38.4 Å². The second-order valence-electron chi connectivity index (χ2n) is 7.24. The van der Waals surface area contributed by atoms with Gasteiger partial charge in [-0.15, -0.1) is 6.42 Å². The minimum Gasteiger partial charge on any atom is -0.493 e. The normalized spacial score (nSPS) is 11.4. The molecule has 0 atom stereocenters. The van der Waals surface area contributed by atoms with Gasteiger partial charge in [-0.3, -0.25) is 4.79 Å². The van der Waals surface area contributed by atoms with E-state index in [1.165, 1.54) is 4.90 Å². The Balaban J connectivity index is 1.84. The summed E-state index contributed by atoms with van der Waals surface area (Å²) >= 11 is 0. The van der Waals surface area contributed by atoms with Gasteiger partial charge in [0.15, 0.2) is 11.5 Å². The monoisotopic (exact) mass is 399 g/mol. The van der Waals surface area contributed by atoms with E-state index in [-0.39, 0.29) is 12.5 Å². The maximum absolute atomic E-state index is 12.2. The number of amides is 1. The smallest absolute Gasteiger partial charge is 0.220 e. The van der Waals surface area contributed by atoms with Crippen LogP contribution in [0, 0.1) is 12.3 Å². The SMILES string of the molecule is C#CCOc1ccc(CCC(=O)NCc2ccc(S(C)(C)C)cc2)cc1OC. The molecule has 0 aliphatic carbocycles. The molecule has 1 N–H and O–H groups in total. The fourth-order valence-corrected chi connectivity index (χ4v) is 3.62. The molecule has 0 heterocycles. The fraction of sp³-hybridized carbons (Fsp3) is 0.348. The number of carbonyl (C=O) groups is 1. The lowest BCUT2D eigenvalue weighted by Gasteiger charge is -2.25. The van der Waals surface area contributed by atoms with Crippen molar-refractivity contribution < 1.29 is 14.3 Å². The maximum atomic E-state index is 12.2. The van der Waals surface area contributed by atoms with Crippen LogP contribution in [0.3, 0.4) is 0 Å². The Morgan fingerprint density at radius 1 is 1.07 bits per heavy atom. The Labute approximate surface area is 169 Å². The van der Waals surface area contributed by atoms with Crippen molar-refractivity contribution in [3.8, 4) is 23.8 Å². The lowest BCUT2D eigenvalue weighted by Crippen LogP contribution is -2.23. The van der Waals surface area contributed by atoms with Crippen molar-refractivity contribution in [2.24, 2.45) is 0 Å². The molecule has 0 saturated heterocycles. The van der Waals surface area contributed by atoms with Gasteiger partial charge in [0.25, 0.3) is 0 Å². The molecule has 1 amide bonds. The van der Waals surface area contributed by atoms with Crippen molar-refractivity contribution in [1.82, 2.24) is 5.32 Å². The fourth-order valence-electron chi connectivity index (χ4n) is 2.67. The molecule has 0 spiro atoms. The summed E-state index contributed by atoms with van der Waals surface area (Å²) in [6, 6.07) is 14.1. The van der Waals surface area contributed by atoms with E-state index in [0.717, 1.165) is 11.1 Å². The number of methoxy groups -OCH3 is 1. The molecule has 0 aliphatic heterocycles. The standard InChI is InChI=1S/C23H29NO3S/c1-6-15-27-21-13-9-18(16-22(21)26-2)10-14-23(25)24-17-19-7-11-20(12-8-19)28(3,4)5/h1,7-9,11-13,16H,10,14-15,17H2,2-5H3,(H,24,25). The summed E-state index contributed by atoms with van der Waals surface area (Å²) in [4.78, 5) is 13.6. The molecule has 0 saturated carbocycles. The third kappa shape index (κ3) is 6.54. The Kier molecular flexibility index (Phi) is 7.83. The van der Waals surface area contributed by atoms with Crippen LogP contribution in [0.4, 0.5) is 0 Å². The summed E-state index contributed by atoms with van der Waals surface area (Å²) in [6.07, 6.45) is 13.1. The van der Waals surface area contributed by atoms with Gasteiger partial charge < -0.3 is 14.8 Å². The topological polar surface area (TPSA) is 47.6 Å². The molecule has 0 aliphatic rings. The zero-order valence-electron chi connectivity index (χ0n) is 17.1. The summed E-state index contributed by atoms with van der Waals surface area (Å²) < 4.78 is 10.8. The van der Waals surface area contributed by atoms with E-state index in [4.69, 9.17) is 15.9 Å². The largest absolute Gasteiger partial charge is 0.493 e. The van der Waals surface area contributed by atoms with E-state index in [1.807, 2.05) is 18.2 Å². The van der Waals surface area contributed by atoms with Crippen LogP contribution in [0.5, 0.6) is 11.5 Å². The van der Waals surface area contributed by atoms with Gasteiger partial charge in [0.1, 0.15) is 6.61 Å². The van der Waals surface area contributed by atoms with Gasteiger partial charge in [-0.1, -0.05) is 24.1 Å². The highest BCUT2D eigenvalue weighted by Crippen LogP contribution is 2.44. The van der Waals surface area contributed by atoms with E-state index < -0.39 is 10.0 Å². The van der Waals surface area contributed by atoms with E-state index in [9.17, 15) is 4.79 Å². The minimum atomic E-state index is -0.721. The van der Waals surface area contributed by atoms with Crippen LogP contribution in [-0.2, 0) is 17.8 Å². The summed E-state index contributed by atoms with van der Waals surface area (Å²) in [5.74, 6) is 3.68. The predicted molar refractivity (Wildman–Crippen MR) is 118 cm³/mol. The highest BCUT2D eigenvalue weighted by Gasteiger charge is 2.09. The minimum absolute atomic E-state index is 0.0251. The quantitative estimate of drug-likeness (QED) is 0.648. The highest BCUT2D eigenvalue weighted by molar-refractivity contribution is 8.32. The molecular weight excluding hydrogens is 370 g/mol. The molecule has 28 heavy (non-hydrogen) atoms. The molecule has 0 bridgehead atoms. The lowest BCUT2D eigenvalue weighted by atomic mass is 10.1. The molecule has 2 aromatic carbocycles. The van der Waals surface area contributed by atoms with Crippen molar-refractivity contribution in [3.63, 3.8) is 0 Å². The summed E-state index contributed by atoms with van der Waals surface area (Å²) in [6.45, 7) is 0.733. The lowest BCUT2D eigenvalue weighted by molar-refractivity contribution is -0.121. The first-order chi connectivity index (χ1) is 13.3. The predicted octanol–water partition coefficient (Wildman–Crippen LogP) is 4.01. The Hall–Kier alpha value is -2.58. The second-order valence-corrected chi connectivity index (χ2v) is 11.4. The zero-order chi connectivity index (χ0) is 20.6. The number of hydrogen-bond acceptors (Lipinski definition) is 3. The molecule has 0 unspecified atom stereocenters. The Morgan fingerprint density at radius 2 is 1.75 bits per heavy atom. The number of aryl methyl sites for hydroxylation is 1. The van der Waals surface area contributed by atoms with Gasteiger partial charge in [-0.2, -0.15) is 0 Å². The van der Waals surface area contributed by atoms with E-state index >= 15 is 0 Å². The molecule has 2 rings (SSSR count). The van der Waals surface area contributed by atoms with E-state index in [0.29, 0.717) is 30.9 Å². The van der Waals surface area contributed by atoms with Crippen molar-refractivity contribution in [3.05, 3.63) is 53.6 Å². The van der Waals surface area contributed by atoms with Gasteiger partial charge in [-0.25, -0.2) is 10.0 Å². The van der Waals surface area contributed by atoms with Crippen molar-refractivity contribution in [1.29, 1.82) is 0 Å². The molecule has 0 aromatic heterocycles. The first-order valence-corrected chi connectivity index (χ1v) is 12.0. The Bertz CT molecular complexity index is 832. The average molecular weight is 400 g/mol. The van der Waals surface area contributed by atoms with Crippen LogP contribution in [0.1, 0.15) is 17.5 Å². The number of terminal acetylenes is 1. The molecule has 5 heteroatoms. The van der Waals surface area contributed by atoms with Crippen LogP contribution in [0.25, 0.3) is 0 Å². The molecular formula is C23H29NO3S. The van der Waals surface area contributed by atoms with Gasteiger partial charge in [-0.05, 0) is 65.5 Å². The summed E-state index contributed by atoms with van der Waals surface area (Å²) in [5.41, 5.74) is 2.12. The Morgan fingerprint density at radius 3 is 2.36 bits per heavy atom. The van der Waals surface area contributed by atoms with E-state index in [1.54, 1.807) is 7.11 Å². The van der Waals surface area contributed by atoms with Crippen LogP contribution >= 0.6 is 10.0 Å². The van der Waals surface area contributed by atoms with Crippen molar-refractivity contribution in [2.75, 3.05) is 32.5 Å². The third-order valence-corrected chi connectivity index (χ3v) is 5.99. The number of carbonyl (C=O) groups excluding carboxylic acids is 1. The van der Waals surface area contributed by atoms with Gasteiger partial charge in [0.05, 0.1) is 7.11 Å². The highest BCUT2D eigenvalue weighted by atomic mass is 32.3. The number of nitrogens with one attached hydrogen (secondary N) is 1. The van der Waals surface area contributed by atoms with Crippen LogP contribution in [0.2, 0.25) is 0 Å². The van der Waals surface area contributed by atoms with Gasteiger partial charge in [0.2, 0.25) is 5.91 Å². The first-order valence-electron chi connectivity index (χ1n) is 9.10. The molecule has 0 radical (unpaired) electrons. The van der Waals surface area contributed by atoms with Crippen molar-refractivity contribution in [2.45, 2.75) is 24.3 Å². The number of rotatable bonds is 9. The summed E-state index contributed by atoms with van der Waals surface area (Å²) in [5, 5.41) is 2.99. The van der Waals surface area contributed by atoms with E-state index in [2.05, 4.69) is 54.3 Å². The zero-order valence-corrected chi connectivity index (χ0v) is 17.9. The van der Waals surface area contributed by atoms with Crippen molar-refractivity contribution >= 4 is 15.9 Å².